The molecule has 1 aromatic heterocycles. The Morgan fingerprint density at radius 2 is 1.86 bits per heavy atom. The van der Waals surface area contributed by atoms with Gasteiger partial charge < -0.3 is 35.9 Å². The van der Waals surface area contributed by atoms with E-state index in [2.05, 4.69) is 10.1 Å². The number of fused-ring (bicyclic) bond motifs is 1. The zero-order valence-corrected chi connectivity index (χ0v) is 32.8. The average Bonchev–Trinajstić information content (AvgIpc) is 3.83. The molecule has 5 amide bonds. The van der Waals surface area contributed by atoms with Gasteiger partial charge in [-0.05, 0) is 32.4 Å². The normalized spacial score (nSPS) is 20.9. The number of ketones is 2. The monoisotopic (exact) mass is 875 g/mol. The Labute approximate surface area is 335 Å². The molecule has 27 heteroatoms. The first-order valence-electron chi connectivity index (χ1n) is 16.4. The number of carboxylic acid groups (broad SMARTS) is 2. The van der Waals surface area contributed by atoms with Gasteiger partial charge in [-0.1, -0.05) is 28.5 Å². The number of amides is 5. The number of halogens is 1. The van der Waals surface area contributed by atoms with Gasteiger partial charge in [-0.3, -0.25) is 19.3 Å². The number of thioether (sulfide) groups is 1. The van der Waals surface area contributed by atoms with E-state index in [1.807, 2.05) is 10.1 Å². The van der Waals surface area contributed by atoms with Crippen LogP contribution in [0.15, 0.2) is 22.7 Å². The number of hydrazine groups is 1. The molecule has 0 saturated carbocycles. The number of aromatic hydroxyl groups is 2. The van der Waals surface area contributed by atoms with Gasteiger partial charge in [0.2, 0.25) is 16.4 Å². The van der Waals surface area contributed by atoms with Crippen molar-refractivity contribution in [2.45, 2.75) is 49.0 Å². The Bertz CT molecular complexity index is 2180. The summed E-state index contributed by atoms with van der Waals surface area (Å²) >= 11 is 7.54. The molecule has 3 aliphatic heterocycles. The number of carbonyl (C=O) groups is 7. The number of hydrogen-bond donors (Lipinski definition) is 8. The van der Waals surface area contributed by atoms with E-state index in [1.54, 1.807) is 4.72 Å². The van der Waals surface area contributed by atoms with E-state index >= 15 is 0 Å². The van der Waals surface area contributed by atoms with Gasteiger partial charge in [-0.15, -0.1) is 11.3 Å². The number of nitrogen functional groups attached to an aromatic ring is 1. The van der Waals surface area contributed by atoms with E-state index in [9.17, 15) is 62.4 Å². The number of benzene rings is 1. The molecule has 1 unspecified atom stereocenters. The number of rotatable bonds is 17. The molecular formula is C30H34ClN9O14S3. The van der Waals surface area contributed by atoms with Gasteiger partial charge >= 0.3 is 34.2 Å². The number of nitrogens with zero attached hydrogens (tertiary/aromatic N) is 5. The van der Waals surface area contributed by atoms with Crippen molar-refractivity contribution in [3.8, 4) is 11.5 Å². The quantitative estimate of drug-likeness (QED) is 0.0261. The number of nitrogens with one attached hydrogen (secondary N) is 3. The van der Waals surface area contributed by atoms with Crippen molar-refractivity contribution in [1.29, 1.82) is 0 Å². The number of aliphatic carboxylic acids is 2. The van der Waals surface area contributed by atoms with Crippen LogP contribution in [0.2, 0.25) is 5.02 Å². The van der Waals surface area contributed by atoms with Gasteiger partial charge in [-0.25, -0.2) is 39.3 Å². The molecular weight excluding hydrogens is 842 g/mol. The van der Waals surface area contributed by atoms with E-state index < -0.39 is 104 Å². The molecule has 0 aliphatic carbocycles. The lowest BCUT2D eigenvalue weighted by Gasteiger charge is -2.40. The highest BCUT2D eigenvalue weighted by molar-refractivity contribution is 8.02. The number of oxime groups is 1. The molecule has 4 heterocycles. The fraction of sp³-hybridized carbons (Fsp3) is 0.433. The first kappa shape index (κ1) is 42.7. The van der Waals surface area contributed by atoms with Crippen LogP contribution in [0.4, 0.5) is 14.7 Å². The van der Waals surface area contributed by atoms with Crippen LogP contribution in [0.1, 0.15) is 49.2 Å². The predicted molar refractivity (Wildman–Crippen MR) is 198 cm³/mol. The van der Waals surface area contributed by atoms with Crippen LogP contribution in [0.5, 0.6) is 11.5 Å². The summed E-state index contributed by atoms with van der Waals surface area (Å²) < 4.78 is 28.6. The highest BCUT2D eigenvalue weighted by Crippen LogP contribution is 2.53. The zero-order valence-electron chi connectivity index (χ0n) is 29.6. The summed E-state index contributed by atoms with van der Waals surface area (Å²) in [6, 6.07) is -0.194. The number of β-lactam (4-membered cyclic amide) rings is 1. The maximum absolute atomic E-state index is 13.5. The van der Waals surface area contributed by atoms with Crippen molar-refractivity contribution in [2.24, 2.45) is 11.1 Å². The Morgan fingerprint density at radius 1 is 1.16 bits per heavy atom. The van der Waals surface area contributed by atoms with Crippen molar-refractivity contribution in [2.75, 3.05) is 31.9 Å². The highest BCUT2D eigenvalue weighted by Gasteiger charge is 2.66. The number of thiazole rings is 1. The van der Waals surface area contributed by atoms with Crippen LogP contribution in [0.3, 0.4) is 0 Å². The average molecular weight is 876 g/mol. The number of anilines is 1. The predicted octanol–water partition coefficient (Wildman–Crippen LogP) is 0.0945. The minimum atomic E-state index is -4.54. The van der Waals surface area contributed by atoms with Gasteiger partial charge in [0.05, 0.1) is 29.4 Å². The third-order valence-electron chi connectivity index (χ3n) is 8.78. The minimum absolute atomic E-state index is 0.0408. The van der Waals surface area contributed by atoms with E-state index in [-0.39, 0.29) is 53.9 Å². The van der Waals surface area contributed by atoms with Crippen molar-refractivity contribution in [3.63, 3.8) is 0 Å². The van der Waals surface area contributed by atoms with Crippen LogP contribution in [0.25, 0.3) is 0 Å². The molecule has 9 N–H and O–H groups in total. The third-order valence-corrected chi connectivity index (χ3v) is 12.6. The highest BCUT2D eigenvalue weighted by atomic mass is 35.5. The van der Waals surface area contributed by atoms with Gasteiger partial charge in [0.25, 0.3) is 0 Å². The first-order valence-corrected chi connectivity index (χ1v) is 20.1. The zero-order chi connectivity index (χ0) is 42.2. The number of hydrogen-bond acceptors (Lipinski definition) is 17. The standard InChI is InChI=1S/C30H34ClN9O14S3/c1-29(2,24(46)47)54-36-20(15-11-55-26(32)34-15)18(43)10-14-22(45)38-12-30(25(48)49,56-23(14)38)39-8-9-40(28(39)51)35-27(50)37-57(52,53)33-7-3-4-16(41)13-5-6-17(42)21(44)19(13)31/h5-6,11,14,23,33,42,44H,3-4,7-10,12H2,1-2H3,(H2,32,34)(H,46,47)(H,48,49)(H2,35,37,50)/b36-20-/t14?,23-,30-/m1/s1. The molecule has 23 nitrogen and oxygen atoms in total. The summed E-state index contributed by atoms with van der Waals surface area (Å²) in [6.45, 7) is 0.975. The summed E-state index contributed by atoms with van der Waals surface area (Å²) in [7, 11) is -4.54. The fourth-order valence-corrected chi connectivity index (χ4v) is 9.00. The third kappa shape index (κ3) is 8.78. The molecule has 3 aliphatic rings. The maximum atomic E-state index is 13.5. The van der Waals surface area contributed by atoms with Crippen LogP contribution in [0, 0.1) is 5.92 Å². The second-order valence-corrected chi connectivity index (χ2v) is 17.2. The smallest absolute Gasteiger partial charge is 0.350 e. The summed E-state index contributed by atoms with van der Waals surface area (Å²) in [4.78, 5) is 98.5. The molecule has 1 aromatic carbocycles. The van der Waals surface area contributed by atoms with Crippen LogP contribution in [-0.4, -0.2) is 138 Å². The lowest BCUT2D eigenvalue weighted by molar-refractivity contribution is -0.161. The first-order chi connectivity index (χ1) is 26.6. The maximum Gasteiger partial charge on any atom is 0.350 e. The Kier molecular flexibility index (Phi) is 12.1. The topological polar surface area (TPSA) is 341 Å². The summed E-state index contributed by atoms with van der Waals surface area (Å²) in [5, 5.41) is 43.5. The number of carbonyl (C=O) groups excluding carboxylic acids is 5. The SMILES string of the molecule is CC(C)(O/N=C(\C(=O)CC1C(=O)N2C[C@@](C(=O)O)(N3CCN(NC(=O)NS(=O)(=O)NCCCC(=O)c4ccc(O)c(O)c4Cl)C3=O)S[C@H]12)c1csc(N)n1)C(=O)O. The second-order valence-electron chi connectivity index (χ2n) is 13.1. The van der Waals surface area contributed by atoms with Crippen molar-refractivity contribution in [3.05, 3.63) is 33.8 Å². The molecule has 57 heavy (non-hydrogen) atoms. The lowest BCUT2D eigenvalue weighted by Crippen LogP contribution is -2.60. The number of Topliss-reactive ketones (excluding diaryl/α,β-unsaturated/α-hetero) is 2. The van der Waals surface area contributed by atoms with Crippen LogP contribution in [-0.2, 0) is 34.2 Å². The number of phenolic OH excluding ortho intramolecular Hbond substituents is 2. The molecule has 2 aromatic rings. The van der Waals surface area contributed by atoms with Gasteiger partial charge in [-0.2, -0.15) is 13.1 Å². The second kappa shape index (κ2) is 16.2. The number of urea groups is 2. The molecule has 3 atom stereocenters. The van der Waals surface area contributed by atoms with Gasteiger partial charge in [0.1, 0.15) is 5.69 Å². The molecule has 0 spiro atoms. The summed E-state index contributed by atoms with van der Waals surface area (Å²) in [6.07, 6.45) is -0.827. The van der Waals surface area contributed by atoms with Gasteiger partial charge in [0.15, 0.2) is 33.9 Å². The van der Waals surface area contributed by atoms with E-state index in [4.69, 9.17) is 22.2 Å². The number of phenols is 2. The van der Waals surface area contributed by atoms with Crippen LogP contribution < -0.4 is 20.6 Å². The number of nitrogens with two attached hydrogens (primary N) is 1. The lowest BCUT2D eigenvalue weighted by atomic mass is 9.90. The number of aromatic nitrogens is 1. The molecule has 308 valence electrons. The molecule has 3 saturated heterocycles. The molecule has 0 bridgehead atoms. The summed E-state index contributed by atoms with van der Waals surface area (Å²) in [5.41, 5.74) is 5.32. The van der Waals surface area contributed by atoms with E-state index in [0.29, 0.717) is 16.8 Å². The minimum Gasteiger partial charge on any atom is -0.504 e. The number of carboxylic acids is 2. The van der Waals surface area contributed by atoms with E-state index in [0.717, 1.165) is 22.3 Å². The Morgan fingerprint density at radius 3 is 2.49 bits per heavy atom. The Hall–Kier alpha value is -5.44. The van der Waals surface area contributed by atoms with Crippen molar-refractivity contribution < 1.29 is 67.2 Å². The molecule has 0 radical (unpaired) electrons. The largest absolute Gasteiger partial charge is 0.504 e. The van der Waals surface area contributed by atoms with E-state index in [1.165, 1.54) is 30.2 Å². The van der Waals surface area contributed by atoms with Gasteiger partial charge in [0, 0.05) is 36.9 Å². The fourth-order valence-electron chi connectivity index (χ4n) is 5.72. The Balaban J connectivity index is 1.17. The van der Waals surface area contributed by atoms with Crippen molar-refractivity contribution >= 4 is 97.2 Å². The molecule has 3 fully saturated rings. The molecule has 5 rings (SSSR count). The van der Waals surface area contributed by atoms with Crippen molar-refractivity contribution in [1.82, 2.24) is 34.7 Å². The summed E-state index contributed by atoms with van der Waals surface area (Å²) in [5.74, 6) is -7.19. The van der Waals surface area contributed by atoms with Crippen LogP contribution >= 0.6 is 34.7 Å².